The van der Waals surface area contributed by atoms with Gasteiger partial charge in [-0.3, -0.25) is 0 Å². The summed E-state index contributed by atoms with van der Waals surface area (Å²) in [4.78, 5) is 4.31. The Bertz CT molecular complexity index is 379. The van der Waals surface area contributed by atoms with Crippen LogP contribution in [-0.2, 0) is 6.54 Å². The molecule has 20 heavy (non-hydrogen) atoms. The minimum absolute atomic E-state index is 0.101. The lowest BCUT2D eigenvalue weighted by atomic mass is 9.86. The van der Waals surface area contributed by atoms with Gasteiger partial charge in [0.1, 0.15) is 0 Å². The molecule has 0 bridgehead atoms. The normalized spacial score (nSPS) is 13.9. The van der Waals surface area contributed by atoms with Gasteiger partial charge < -0.3 is 10.3 Å². The van der Waals surface area contributed by atoms with Crippen molar-refractivity contribution in [3.63, 3.8) is 0 Å². The summed E-state index contributed by atoms with van der Waals surface area (Å²) in [6, 6.07) is 0.101. The third kappa shape index (κ3) is 5.66. The van der Waals surface area contributed by atoms with Crippen molar-refractivity contribution in [3.05, 3.63) is 18.2 Å². The summed E-state index contributed by atoms with van der Waals surface area (Å²) in [6.07, 6.45) is 10.1. The van der Waals surface area contributed by atoms with E-state index in [1.54, 1.807) is 0 Å². The Balaban J connectivity index is 2.65. The molecule has 1 heterocycles. The van der Waals surface area contributed by atoms with Gasteiger partial charge in [-0.15, -0.1) is 0 Å². The van der Waals surface area contributed by atoms with Gasteiger partial charge in [-0.1, -0.05) is 53.9 Å². The van der Waals surface area contributed by atoms with Crippen molar-refractivity contribution in [1.82, 2.24) is 9.55 Å². The van der Waals surface area contributed by atoms with Crippen molar-refractivity contribution in [2.75, 3.05) is 0 Å². The second-order valence-electron chi connectivity index (χ2n) is 7.30. The van der Waals surface area contributed by atoms with E-state index >= 15 is 0 Å². The Morgan fingerprint density at radius 2 is 2.00 bits per heavy atom. The van der Waals surface area contributed by atoms with Gasteiger partial charge >= 0.3 is 0 Å². The average molecular weight is 279 g/mol. The molecule has 0 radical (unpaired) electrons. The van der Waals surface area contributed by atoms with Crippen LogP contribution in [0, 0.1) is 11.3 Å². The largest absolute Gasteiger partial charge is 0.333 e. The molecule has 1 unspecified atom stereocenters. The van der Waals surface area contributed by atoms with E-state index in [4.69, 9.17) is 5.73 Å². The Morgan fingerprint density at radius 1 is 1.30 bits per heavy atom. The summed E-state index contributed by atoms with van der Waals surface area (Å²) in [7, 11) is 0. The standard InChI is InChI=1S/C17H33N3/c1-6-7-8-9-17(4,5)12-20-13-19-11-16(20)15(18)10-14(2)3/h11,13-15H,6-10,12,18H2,1-5H3. The minimum atomic E-state index is 0.101. The fraction of sp³-hybridized carbons (Fsp3) is 0.824. The van der Waals surface area contributed by atoms with Crippen LogP contribution in [0.2, 0.25) is 0 Å². The number of hydrogen-bond acceptors (Lipinski definition) is 2. The molecule has 0 aliphatic rings. The van der Waals surface area contributed by atoms with E-state index in [9.17, 15) is 0 Å². The third-order valence-corrected chi connectivity index (χ3v) is 3.91. The van der Waals surface area contributed by atoms with Crippen molar-refractivity contribution in [2.24, 2.45) is 17.1 Å². The summed E-state index contributed by atoms with van der Waals surface area (Å²) in [5, 5.41) is 0. The van der Waals surface area contributed by atoms with Crippen LogP contribution in [-0.4, -0.2) is 9.55 Å². The first kappa shape index (κ1) is 17.2. The maximum Gasteiger partial charge on any atom is 0.0948 e. The lowest BCUT2D eigenvalue weighted by Crippen LogP contribution is -2.24. The van der Waals surface area contributed by atoms with Crippen LogP contribution in [0.15, 0.2) is 12.5 Å². The molecule has 0 spiro atoms. The molecule has 0 amide bonds. The number of nitrogens with two attached hydrogens (primary N) is 1. The zero-order valence-electron chi connectivity index (χ0n) is 14.0. The predicted molar refractivity (Wildman–Crippen MR) is 86.5 cm³/mol. The number of imidazole rings is 1. The third-order valence-electron chi connectivity index (χ3n) is 3.91. The number of unbranched alkanes of at least 4 members (excludes halogenated alkanes) is 2. The van der Waals surface area contributed by atoms with Gasteiger partial charge in [-0.05, 0) is 24.2 Å². The van der Waals surface area contributed by atoms with Crippen LogP contribution in [0.5, 0.6) is 0 Å². The van der Waals surface area contributed by atoms with Crippen molar-refractivity contribution in [2.45, 2.75) is 79.3 Å². The lowest BCUT2D eigenvalue weighted by Gasteiger charge is -2.27. The summed E-state index contributed by atoms with van der Waals surface area (Å²) >= 11 is 0. The Labute approximate surface area is 125 Å². The summed E-state index contributed by atoms with van der Waals surface area (Å²) < 4.78 is 2.26. The summed E-state index contributed by atoms with van der Waals surface area (Å²) in [6.45, 7) is 12.4. The quantitative estimate of drug-likeness (QED) is 0.675. The van der Waals surface area contributed by atoms with Gasteiger partial charge in [0.2, 0.25) is 0 Å². The van der Waals surface area contributed by atoms with Crippen LogP contribution >= 0.6 is 0 Å². The smallest absolute Gasteiger partial charge is 0.0948 e. The molecule has 0 saturated heterocycles. The molecule has 0 aromatic carbocycles. The molecule has 0 aliphatic heterocycles. The highest BCUT2D eigenvalue weighted by Crippen LogP contribution is 2.28. The van der Waals surface area contributed by atoms with Crippen molar-refractivity contribution >= 4 is 0 Å². The SMILES string of the molecule is CCCCCC(C)(C)Cn1cncc1C(N)CC(C)C. The van der Waals surface area contributed by atoms with E-state index in [0.717, 1.165) is 13.0 Å². The Morgan fingerprint density at radius 3 is 2.60 bits per heavy atom. The fourth-order valence-corrected chi connectivity index (χ4v) is 2.79. The maximum absolute atomic E-state index is 6.32. The van der Waals surface area contributed by atoms with Crippen LogP contribution < -0.4 is 5.73 Å². The minimum Gasteiger partial charge on any atom is -0.333 e. The van der Waals surface area contributed by atoms with Gasteiger partial charge in [-0.25, -0.2) is 4.98 Å². The summed E-state index contributed by atoms with van der Waals surface area (Å²) in [5.41, 5.74) is 7.81. The molecular formula is C17H33N3. The number of nitrogens with zero attached hydrogens (tertiary/aromatic N) is 2. The van der Waals surface area contributed by atoms with E-state index < -0.39 is 0 Å². The first-order chi connectivity index (χ1) is 9.35. The van der Waals surface area contributed by atoms with Crippen LogP contribution in [0.3, 0.4) is 0 Å². The van der Waals surface area contributed by atoms with Gasteiger partial charge in [-0.2, -0.15) is 0 Å². The van der Waals surface area contributed by atoms with Crippen LogP contribution in [0.4, 0.5) is 0 Å². The Kier molecular flexibility index (Phi) is 6.74. The second-order valence-corrected chi connectivity index (χ2v) is 7.30. The van der Waals surface area contributed by atoms with Crippen molar-refractivity contribution in [1.29, 1.82) is 0 Å². The van der Waals surface area contributed by atoms with E-state index in [-0.39, 0.29) is 6.04 Å². The maximum atomic E-state index is 6.32. The number of aromatic nitrogens is 2. The molecule has 1 aromatic heterocycles. The van der Waals surface area contributed by atoms with E-state index in [1.165, 1.54) is 31.4 Å². The molecule has 1 rings (SSSR count). The fourth-order valence-electron chi connectivity index (χ4n) is 2.79. The predicted octanol–water partition coefficient (Wildman–Crippen LogP) is 4.54. The van der Waals surface area contributed by atoms with E-state index in [0.29, 0.717) is 11.3 Å². The molecule has 1 atom stereocenters. The number of rotatable bonds is 9. The molecule has 2 N–H and O–H groups in total. The average Bonchev–Trinajstić information content (AvgIpc) is 2.75. The van der Waals surface area contributed by atoms with Crippen LogP contribution in [0.25, 0.3) is 0 Å². The molecule has 0 fully saturated rings. The van der Waals surface area contributed by atoms with E-state index in [1.807, 2.05) is 12.5 Å². The van der Waals surface area contributed by atoms with Gasteiger partial charge in [0.15, 0.2) is 0 Å². The molecule has 1 aromatic rings. The topological polar surface area (TPSA) is 43.8 Å². The van der Waals surface area contributed by atoms with Gasteiger partial charge in [0, 0.05) is 18.8 Å². The molecular weight excluding hydrogens is 246 g/mol. The van der Waals surface area contributed by atoms with Crippen molar-refractivity contribution in [3.8, 4) is 0 Å². The highest BCUT2D eigenvalue weighted by Gasteiger charge is 2.21. The van der Waals surface area contributed by atoms with Gasteiger partial charge in [0.25, 0.3) is 0 Å². The van der Waals surface area contributed by atoms with Crippen molar-refractivity contribution < 1.29 is 0 Å². The highest BCUT2D eigenvalue weighted by atomic mass is 15.1. The van der Waals surface area contributed by atoms with Crippen LogP contribution in [0.1, 0.15) is 78.5 Å². The lowest BCUT2D eigenvalue weighted by molar-refractivity contribution is 0.265. The molecule has 3 nitrogen and oxygen atoms in total. The van der Waals surface area contributed by atoms with Gasteiger partial charge in [0.05, 0.1) is 12.0 Å². The number of hydrogen-bond donors (Lipinski definition) is 1. The zero-order valence-corrected chi connectivity index (χ0v) is 14.0. The second kappa shape index (κ2) is 7.82. The monoisotopic (exact) mass is 279 g/mol. The Hall–Kier alpha value is -0.830. The molecule has 3 heteroatoms. The zero-order chi connectivity index (χ0) is 15.2. The first-order valence-electron chi connectivity index (χ1n) is 8.11. The molecule has 0 saturated carbocycles. The molecule has 116 valence electrons. The highest BCUT2D eigenvalue weighted by molar-refractivity contribution is 5.05. The van der Waals surface area contributed by atoms with E-state index in [2.05, 4.69) is 44.2 Å². The first-order valence-corrected chi connectivity index (χ1v) is 8.11. The summed E-state index contributed by atoms with van der Waals surface area (Å²) in [5.74, 6) is 0.617. The molecule has 0 aliphatic carbocycles.